The van der Waals surface area contributed by atoms with Crippen molar-refractivity contribution in [2.75, 3.05) is 19.5 Å². The van der Waals surface area contributed by atoms with Gasteiger partial charge in [0.2, 0.25) is 0 Å². The molecule has 18 heavy (non-hydrogen) atoms. The first-order valence-electron chi connectivity index (χ1n) is 5.76. The second-order valence-corrected chi connectivity index (χ2v) is 4.07. The van der Waals surface area contributed by atoms with Crippen molar-refractivity contribution in [1.82, 2.24) is 10.2 Å². The number of benzene rings is 1. The number of aryl methyl sites for hydroxylation is 1. The van der Waals surface area contributed by atoms with E-state index in [2.05, 4.69) is 10.2 Å². The van der Waals surface area contributed by atoms with Gasteiger partial charge in [0.25, 0.3) is 0 Å². The van der Waals surface area contributed by atoms with Crippen molar-refractivity contribution >= 4 is 5.82 Å². The Labute approximate surface area is 106 Å². The molecule has 0 aliphatic heterocycles. The summed E-state index contributed by atoms with van der Waals surface area (Å²) in [7, 11) is 1.64. The third kappa shape index (κ3) is 2.94. The van der Waals surface area contributed by atoms with E-state index in [-0.39, 0.29) is 0 Å². The van der Waals surface area contributed by atoms with Crippen LogP contribution in [0.5, 0.6) is 11.5 Å². The Morgan fingerprint density at radius 3 is 2.78 bits per heavy atom. The highest BCUT2D eigenvalue weighted by molar-refractivity contribution is 5.42. The number of ether oxygens (including phenoxy) is 2. The zero-order chi connectivity index (χ0) is 13.0. The zero-order valence-electron chi connectivity index (χ0n) is 10.6. The number of H-pyrrole nitrogens is 1. The molecule has 0 fully saturated rings. The van der Waals surface area contributed by atoms with E-state index < -0.39 is 0 Å². The van der Waals surface area contributed by atoms with Crippen LogP contribution in [0.4, 0.5) is 5.82 Å². The number of aromatic amines is 1. The van der Waals surface area contributed by atoms with Crippen molar-refractivity contribution < 1.29 is 9.47 Å². The Bertz CT molecular complexity index is 523. The van der Waals surface area contributed by atoms with Gasteiger partial charge in [0.15, 0.2) is 11.5 Å². The Hall–Kier alpha value is -2.17. The molecular weight excluding hydrogens is 230 g/mol. The van der Waals surface area contributed by atoms with Gasteiger partial charge < -0.3 is 15.2 Å². The van der Waals surface area contributed by atoms with Gasteiger partial charge in [0.1, 0.15) is 5.82 Å². The summed E-state index contributed by atoms with van der Waals surface area (Å²) in [4.78, 5) is 0. The first-order valence-corrected chi connectivity index (χ1v) is 5.76. The number of aromatic nitrogens is 2. The topological polar surface area (TPSA) is 73.2 Å². The molecule has 0 aliphatic rings. The van der Waals surface area contributed by atoms with Crippen molar-refractivity contribution in [1.29, 1.82) is 0 Å². The molecule has 0 spiro atoms. The number of nitrogens with zero attached hydrogens (tertiary/aromatic N) is 1. The molecule has 0 bridgehead atoms. The van der Waals surface area contributed by atoms with Gasteiger partial charge in [0.05, 0.1) is 13.7 Å². The quantitative estimate of drug-likeness (QED) is 0.846. The molecule has 0 saturated carbocycles. The highest BCUT2D eigenvalue weighted by atomic mass is 16.5. The summed E-state index contributed by atoms with van der Waals surface area (Å²) in [5.41, 5.74) is 7.62. The molecular formula is C13H17N3O2. The van der Waals surface area contributed by atoms with Gasteiger partial charge in [0, 0.05) is 18.2 Å². The number of methoxy groups -OCH3 is 1. The molecule has 96 valence electrons. The van der Waals surface area contributed by atoms with E-state index >= 15 is 0 Å². The van der Waals surface area contributed by atoms with E-state index in [9.17, 15) is 0 Å². The average molecular weight is 247 g/mol. The number of nitrogens with two attached hydrogens (primary N) is 1. The SMILES string of the molecule is COc1cc(C)ccc1OCCc1cc(N)n[nH]1. The van der Waals surface area contributed by atoms with Gasteiger partial charge in [-0.2, -0.15) is 5.10 Å². The third-order valence-electron chi connectivity index (χ3n) is 2.60. The highest BCUT2D eigenvalue weighted by Crippen LogP contribution is 2.27. The van der Waals surface area contributed by atoms with E-state index in [1.54, 1.807) is 13.2 Å². The maximum atomic E-state index is 5.68. The van der Waals surface area contributed by atoms with Crippen molar-refractivity contribution in [3.63, 3.8) is 0 Å². The van der Waals surface area contributed by atoms with E-state index in [4.69, 9.17) is 15.2 Å². The molecule has 5 heteroatoms. The molecule has 3 N–H and O–H groups in total. The average Bonchev–Trinajstić information content (AvgIpc) is 2.77. The molecule has 2 aromatic rings. The van der Waals surface area contributed by atoms with Crippen LogP contribution >= 0.6 is 0 Å². The largest absolute Gasteiger partial charge is 0.493 e. The first kappa shape index (κ1) is 12.3. The Morgan fingerprint density at radius 2 is 2.11 bits per heavy atom. The van der Waals surface area contributed by atoms with Crippen LogP contribution in [-0.2, 0) is 6.42 Å². The molecule has 1 aromatic carbocycles. The van der Waals surface area contributed by atoms with Crippen LogP contribution in [0.3, 0.4) is 0 Å². The number of hydrogen-bond acceptors (Lipinski definition) is 4. The van der Waals surface area contributed by atoms with Gasteiger partial charge in [-0.1, -0.05) is 6.07 Å². The lowest BCUT2D eigenvalue weighted by atomic mass is 10.2. The molecule has 0 atom stereocenters. The Kier molecular flexibility index (Phi) is 3.72. The third-order valence-corrected chi connectivity index (χ3v) is 2.60. The second-order valence-electron chi connectivity index (χ2n) is 4.07. The van der Waals surface area contributed by atoms with Gasteiger partial charge in [-0.15, -0.1) is 0 Å². The number of nitrogen functional groups attached to an aromatic ring is 1. The van der Waals surface area contributed by atoms with E-state index in [0.717, 1.165) is 29.2 Å². The maximum absolute atomic E-state index is 5.68. The number of anilines is 1. The fraction of sp³-hybridized carbons (Fsp3) is 0.308. The summed E-state index contributed by atoms with van der Waals surface area (Å²) >= 11 is 0. The molecule has 2 rings (SSSR count). The molecule has 0 saturated heterocycles. The fourth-order valence-corrected chi connectivity index (χ4v) is 1.67. The van der Waals surface area contributed by atoms with Gasteiger partial charge >= 0.3 is 0 Å². The Balaban J connectivity index is 1.94. The van der Waals surface area contributed by atoms with Gasteiger partial charge in [-0.3, -0.25) is 5.10 Å². The van der Waals surface area contributed by atoms with Crippen molar-refractivity contribution in [2.45, 2.75) is 13.3 Å². The first-order chi connectivity index (χ1) is 8.69. The summed E-state index contributed by atoms with van der Waals surface area (Å²) in [6, 6.07) is 7.65. The van der Waals surface area contributed by atoms with E-state index in [1.807, 2.05) is 25.1 Å². The minimum atomic E-state index is 0.498. The molecule has 0 aliphatic carbocycles. The monoisotopic (exact) mass is 247 g/mol. The smallest absolute Gasteiger partial charge is 0.161 e. The Morgan fingerprint density at radius 1 is 1.28 bits per heavy atom. The normalized spacial score (nSPS) is 10.3. The summed E-state index contributed by atoms with van der Waals surface area (Å²) in [5, 5.41) is 6.70. The van der Waals surface area contributed by atoms with Crippen molar-refractivity contribution in [3.05, 3.63) is 35.5 Å². The van der Waals surface area contributed by atoms with Crippen molar-refractivity contribution in [3.8, 4) is 11.5 Å². The summed E-state index contributed by atoms with van der Waals surface area (Å²) in [6.07, 6.45) is 0.723. The number of nitrogens with one attached hydrogen (secondary N) is 1. The van der Waals surface area contributed by atoms with Crippen LogP contribution in [0.2, 0.25) is 0 Å². The van der Waals surface area contributed by atoms with Gasteiger partial charge in [-0.25, -0.2) is 0 Å². The van der Waals surface area contributed by atoms with E-state index in [1.165, 1.54) is 0 Å². The molecule has 5 nitrogen and oxygen atoms in total. The van der Waals surface area contributed by atoms with Crippen LogP contribution < -0.4 is 15.2 Å². The molecule has 0 unspecified atom stereocenters. The molecule has 1 aromatic heterocycles. The number of hydrogen-bond donors (Lipinski definition) is 2. The van der Waals surface area contributed by atoms with Gasteiger partial charge in [-0.05, 0) is 24.6 Å². The lowest BCUT2D eigenvalue weighted by molar-refractivity contribution is 0.296. The highest BCUT2D eigenvalue weighted by Gasteiger charge is 2.05. The van der Waals surface area contributed by atoms with Crippen LogP contribution in [0.25, 0.3) is 0 Å². The van der Waals surface area contributed by atoms with E-state index in [0.29, 0.717) is 12.4 Å². The van der Waals surface area contributed by atoms with Crippen LogP contribution in [0, 0.1) is 6.92 Å². The maximum Gasteiger partial charge on any atom is 0.161 e. The standard InChI is InChI=1S/C13H17N3O2/c1-9-3-4-11(12(7-9)17-2)18-6-5-10-8-13(14)16-15-10/h3-4,7-8H,5-6H2,1-2H3,(H3,14,15,16). The second kappa shape index (κ2) is 5.44. The fourth-order valence-electron chi connectivity index (χ4n) is 1.67. The summed E-state index contributed by atoms with van der Waals surface area (Å²) in [6.45, 7) is 2.56. The minimum Gasteiger partial charge on any atom is -0.493 e. The molecule has 0 amide bonds. The van der Waals surface area contributed by atoms with Crippen LogP contribution in [0.15, 0.2) is 24.3 Å². The minimum absolute atomic E-state index is 0.498. The number of rotatable bonds is 5. The zero-order valence-corrected chi connectivity index (χ0v) is 10.6. The molecule has 1 heterocycles. The lowest BCUT2D eigenvalue weighted by Gasteiger charge is -2.10. The predicted molar refractivity (Wildman–Crippen MR) is 69.9 cm³/mol. The molecule has 0 radical (unpaired) electrons. The summed E-state index contributed by atoms with van der Waals surface area (Å²) in [5.74, 6) is 1.99. The van der Waals surface area contributed by atoms with Crippen LogP contribution in [-0.4, -0.2) is 23.9 Å². The summed E-state index contributed by atoms with van der Waals surface area (Å²) < 4.78 is 11.0. The van der Waals surface area contributed by atoms with Crippen molar-refractivity contribution in [2.24, 2.45) is 0 Å². The lowest BCUT2D eigenvalue weighted by Crippen LogP contribution is -2.03. The predicted octanol–water partition coefficient (Wildman–Crippen LogP) is 1.93. The van der Waals surface area contributed by atoms with Crippen LogP contribution in [0.1, 0.15) is 11.3 Å².